The number of aryl methyl sites for hydroxylation is 2. The summed E-state index contributed by atoms with van der Waals surface area (Å²) in [6, 6.07) is 5.60. The number of rotatable bonds is 7. The Morgan fingerprint density at radius 1 is 1.24 bits per heavy atom. The van der Waals surface area contributed by atoms with Gasteiger partial charge in [0.1, 0.15) is 11.5 Å². The van der Waals surface area contributed by atoms with E-state index in [2.05, 4.69) is 10.3 Å². The molecular weight excluding hydrogens is 390 g/mol. The highest BCUT2D eigenvalue weighted by atomic mass is 32.1. The number of piperidine rings is 1. The highest BCUT2D eigenvalue weighted by Crippen LogP contribution is 2.26. The van der Waals surface area contributed by atoms with Crippen LogP contribution in [0, 0.1) is 12.8 Å². The third-order valence-corrected chi connectivity index (χ3v) is 6.04. The van der Waals surface area contributed by atoms with Crippen LogP contribution in [0.4, 0.5) is 5.13 Å². The van der Waals surface area contributed by atoms with Crippen LogP contribution in [0.2, 0.25) is 0 Å². The van der Waals surface area contributed by atoms with Gasteiger partial charge < -0.3 is 19.7 Å². The molecule has 0 unspecified atom stereocenters. The van der Waals surface area contributed by atoms with Crippen molar-refractivity contribution in [1.82, 2.24) is 9.88 Å². The van der Waals surface area contributed by atoms with Crippen molar-refractivity contribution in [2.45, 2.75) is 32.6 Å². The lowest BCUT2D eigenvalue weighted by atomic mass is 9.95. The molecule has 1 saturated heterocycles. The van der Waals surface area contributed by atoms with Crippen molar-refractivity contribution in [3.63, 3.8) is 0 Å². The molecule has 1 aromatic heterocycles. The molecule has 0 saturated carbocycles. The van der Waals surface area contributed by atoms with E-state index in [4.69, 9.17) is 9.47 Å². The summed E-state index contributed by atoms with van der Waals surface area (Å²) in [5, 5.41) is 5.43. The fourth-order valence-corrected chi connectivity index (χ4v) is 4.18. The summed E-state index contributed by atoms with van der Waals surface area (Å²) in [5.41, 5.74) is 1.85. The summed E-state index contributed by atoms with van der Waals surface area (Å²) in [4.78, 5) is 31.2. The third kappa shape index (κ3) is 5.47. The highest BCUT2D eigenvalue weighted by molar-refractivity contribution is 7.13. The van der Waals surface area contributed by atoms with E-state index in [9.17, 15) is 9.59 Å². The summed E-state index contributed by atoms with van der Waals surface area (Å²) in [6.45, 7) is 3.10. The monoisotopic (exact) mass is 417 g/mol. The lowest BCUT2D eigenvalue weighted by molar-refractivity contribution is -0.134. The van der Waals surface area contributed by atoms with Gasteiger partial charge in [-0.2, -0.15) is 0 Å². The zero-order chi connectivity index (χ0) is 20.8. The Morgan fingerprint density at radius 3 is 2.62 bits per heavy atom. The summed E-state index contributed by atoms with van der Waals surface area (Å²) in [7, 11) is 3.24. The Hall–Kier alpha value is -2.61. The van der Waals surface area contributed by atoms with Gasteiger partial charge in [0.25, 0.3) is 0 Å². The van der Waals surface area contributed by atoms with Crippen LogP contribution in [0.3, 0.4) is 0 Å². The molecule has 29 heavy (non-hydrogen) atoms. The van der Waals surface area contributed by atoms with E-state index < -0.39 is 0 Å². The largest absolute Gasteiger partial charge is 0.497 e. The van der Waals surface area contributed by atoms with Crippen LogP contribution in [0.5, 0.6) is 11.5 Å². The first kappa shape index (κ1) is 21.1. The van der Waals surface area contributed by atoms with Crippen LogP contribution < -0.4 is 14.8 Å². The van der Waals surface area contributed by atoms with E-state index in [1.165, 1.54) is 11.3 Å². The van der Waals surface area contributed by atoms with E-state index in [1.54, 1.807) is 14.2 Å². The number of amides is 2. The molecule has 2 amide bonds. The number of carbonyl (C=O) groups is 2. The molecule has 8 heteroatoms. The molecule has 1 N–H and O–H groups in total. The number of benzene rings is 1. The third-order valence-electron chi connectivity index (χ3n) is 5.16. The van der Waals surface area contributed by atoms with Crippen LogP contribution in [0.25, 0.3) is 0 Å². The molecular formula is C21H27N3O4S. The maximum absolute atomic E-state index is 12.6. The molecule has 1 fully saturated rings. The molecule has 0 aliphatic carbocycles. The number of hydrogen-bond acceptors (Lipinski definition) is 6. The van der Waals surface area contributed by atoms with Crippen molar-refractivity contribution in [2.24, 2.45) is 5.92 Å². The zero-order valence-electron chi connectivity index (χ0n) is 17.1. The fraction of sp³-hybridized carbons (Fsp3) is 0.476. The lowest BCUT2D eigenvalue weighted by Gasteiger charge is -2.31. The molecule has 1 aliphatic heterocycles. The smallest absolute Gasteiger partial charge is 0.229 e. The fourth-order valence-electron chi connectivity index (χ4n) is 3.49. The van der Waals surface area contributed by atoms with Gasteiger partial charge in [0, 0.05) is 30.8 Å². The van der Waals surface area contributed by atoms with Gasteiger partial charge in [-0.05, 0) is 49.9 Å². The molecule has 156 valence electrons. The number of ether oxygens (including phenoxy) is 2. The van der Waals surface area contributed by atoms with Crippen LogP contribution in [0.15, 0.2) is 23.6 Å². The van der Waals surface area contributed by atoms with Crippen molar-refractivity contribution in [1.29, 1.82) is 0 Å². The average Bonchev–Trinajstić information content (AvgIpc) is 3.16. The Labute approximate surface area is 175 Å². The SMILES string of the molecule is COc1ccc(OC)c(CCC(=O)N2CCC(C(=O)Nc3nc(C)cs3)CC2)c1. The minimum Gasteiger partial charge on any atom is -0.497 e. The van der Waals surface area contributed by atoms with Crippen LogP contribution in [-0.4, -0.2) is 49.0 Å². The average molecular weight is 418 g/mol. The van der Waals surface area contributed by atoms with Gasteiger partial charge in [-0.1, -0.05) is 0 Å². The molecule has 0 spiro atoms. The van der Waals surface area contributed by atoms with Crippen LogP contribution in [-0.2, 0) is 16.0 Å². The van der Waals surface area contributed by atoms with Crippen molar-refractivity contribution < 1.29 is 19.1 Å². The number of thiazole rings is 1. The predicted octanol–water partition coefficient (Wildman–Crippen LogP) is 3.28. The van der Waals surface area contributed by atoms with E-state index in [0.29, 0.717) is 43.9 Å². The molecule has 0 radical (unpaired) electrons. The second-order valence-electron chi connectivity index (χ2n) is 7.12. The number of methoxy groups -OCH3 is 2. The Balaban J connectivity index is 1.48. The topological polar surface area (TPSA) is 80.8 Å². The standard InChI is InChI=1S/C21H27N3O4S/c1-14-13-29-21(22-14)23-20(26)15-8-10-24(11-9-15)19(25)7-4-16-12-17(27-2)5-6-18(16)28-3/h5-6,12-13,15H,4,7-11H2,1-3H3,(H,22,23,26). The summed E-state index contributed by atoms with van der Waals surface area (Å²) in [5.74, 6) is 1.51. The first-order valence-electron chi connectivity index (χ1n) is 9.72. The number of nitrogens with one attached hydrogen (secondary N) is 1. The first-order chi connectivity index (χ1) is 14.0. The zero-order valence-corrected chi connectivity index (χ0v) is 17.9. The van der Waals surface area contributed by atoms with Crippen LogP contribution in [0.1, 0.15) is 30.5 Å². The number of anilines is 1. The number of likely N-dealkylation sites (tertiary alicyclic amines) is 1. The van der Waals surface area contributed by atoms with Gasteiger partial charge in [0.15, 0.2) is 5.13 Å². The number of aromatic nitrogens is 1. The highest BCUT2D eigenvalue weighted by Gasteiger charge is 2.27. The van der Waals surface area contributed by atoms with Gasteiger partial charge in [0.05, 0.1) is 19.9 Å². The molecule has 3 rings (SSSR count). The second-order valence-corrected chi connectivity index (χ2v) is 7.97. The number of hydrogen-bond donors (Lipinski definition) is 1. The van der Waals surface area contributed by atoms with E-state index in [0.717, 1.165) is 22.8 Å². The molecule has 0 bridgehead atoms. The summed E-state index contributed by atoms with van der Waals surface area (Å²) >= 11 is 1.43. The van der Waals surface area contributed by atoms with Crippen LogP contribution >= 0.6 is 11.3 Å². The van der Waals surface area contributed by atoms with Gasteiger partial charge in [-0.15, -0.1) is 11.3 Å². The molecule has 1 aromatic carbocycles. The number of carbonyl (C=O) groups excluding carboxylic acids is 2. The van der Waals surface area contributed by atoms with E-state index in [-0.39, 0.29) is 17.7 Å². The van der Waals surface area contributed by atoms with Crippen molar-refractivity contribution in [2.75, 3.05) is 32.6 Å². The minimum atomic E-state index is -0.0817. The Kier molecular flexibility index (Phi) is 7.09. The van der Waals surface area contributed by atoms with Gasteiger partial charge >= 0.3 is 0 Å². The molecule has 7 nitrogen and oxygen atoms in total. The predicted molar refractivity (Wildman–Crippen MR) is 113 cm³/mol. The molecule has 1 aliphatic rings. The Bertz CT molecular complexity index is 859. The van der Waals surface area contributed by atoms with Gasteiger partial charge in [0.2, 0.25) is 11.8 Å². The maximum Gasteiger partial charge on any atom is 0.229 e. The van der Waals surface area contributed by atoms with E-state index >= 15 is 0 Å². The maximum atomic E-state index is 12.6. The van der Waals surface area contributed by atoms with Gasteiger partial charge in [-0.3, -0.25) is 9.59 Å². The molecule has 2 heterocycles. The van der Waals surface area contributed by atoms with E-state index in [1.807, 2.05) is 35.4 Å². The first-order valence-corrected chi connectivity index (χ1v) is 10.6. The molecule has 2 aromatic rings. The second kappa shape index (κ2) is 9.73. The summed E-state index contributed by atoms with van der Waals surface area (Å²) < 4.78 is 10.6. The molecule has 0 atom stereocenters. The quantitative estimate of drug-likeness (QED) is 0.748. The number of nitrogens with zero attached hydrogens (tertiary/aromatic N) is 2. The van der Waals surface area contributed by atoms with Crippen molar-refractivity contribution in [3.8, 4) is 11.5 Å². The summed E-state index contributed by atoms with van der Waals surface area (Å²) in [6.07, 6.45) is 2.33. The van der Waals surface area contributed by atoms with Crippen molar-refractivity contribution >= 4 is 28.3 Å². The minimum absolute atomic E-state index is 0.00688. The normalized spacial score (nSPS) is 14.5. The lowest BCUT2D eigenvalue weighted by Crippen LogP contribution is -2.41. The Morgan fingerprint density at radius 2 is 2.00 bits per heavy atom. The van der Waals surface area contributed by atoms with Gasteiger partial charge in [-0.25, -0.2) is 4.98 Å². The van der Waals surface area contributed by atoms with Crippen molar-refractivity contribution in [3.05, 3.63) is 34.8 Å².